The molecule has 0 bridgehead atoms. The summed E-state index contributed by atoms with van der Waals surface area (Å²) in [4.78, 5) is 23.1. The number of hydrogen-bond donors (Lipinski definition) is 1. The second kappa shape index (κ2) is 4.34. The van der Waals surface area contributed by atoms with Gasteiger partial charge in [-0.25, -0.2) is 4.79 Å². The summed E-state index contributed by atoms with van der Waals surface area (Å²) in [5.74, 6) is -1.95. The standard InChI is InChI=1S/C14H10N2O4/c1-16-9-5-3-2-4-8(9)12(15-16)13(17)10-6-7-11(20-10)14(18)19/h2-7H,1H3,(H,18,19). The van der Waals surface area contributed by atoms with Crippen molar-refractivity contribution in [2.75, 3.05) is 0 Å². The molecule has 0 atom stereocenters. The summed E-state index contributed by atoms with van der Waals surface area (Å²) in [6, 6.07) is 9.90. The van der Waals surface area contributed by atoms with Gasteiger partial charge >= 0.3 is 5.97 Å². The van der Waals surface area contributed by atoms with Crippen LogP contribution in [-0.2, 0) is 7.05 Å². The first kappa shape index (κ1) is 12.2. The SMILES string of the molecule is Cn1nc(C(=O)c2ccc(C(=O)O)o2)c2ccccc21. The van der Waals surface area contributed by atoms with Crippen LogP contribution in [0.15, 0.2) is 40.8 Å². The summed E-state index contributed by atoms with van der Waals surface area (Å²) in [5.41, 5.74) is 1.07. The quantitative estimate of drug-likeness (QED) is 0.736. The Bertz CT molecular complexity index is 829. The Balaban J connectivity index is 2.10. The fourth-order valence-electron chi connectivity index (χ4n) is 2.07. The van der Waals surface area contributed by atoms with E-state index in [1.807, 2.05) is 18.2 Å². The van der Waals surface area contributed by atoms with E-state index < -0.39 is 11.8 Å². The van der Waals surface area contributed by atoms with E-state index in [0.717, 1.165) is 5.52 Å². The monoisotopic (exact) mass is 270 g/mol. The number of fused-ring (bicyclic) bond motifs is 1. The van der Waals surface area contributed by atoms with E-state index in [0.29, 0.717) is 5.39 Å². The van der Waals surface area contributed by atoms with Gasteiger partial charge in [0.2, 0.25) is 11.5 Å². The van der Waals surface area contributed by atoms with Crippen molar-refractivity contribution in [3.63, 3.8) is 0 Å². The summed E-state index contributed by atoms with van der Waals surface area (Å²) < 4.78 is 6.62. The lowest BCUT2D eigenvalue weighted by Gasteiger charge is -1.93. The van der Waals surface area contributed by atoms with Crippen molar-refractivity contribution in [1.29, 1.82) is 0 Å². The molecule has 6 nitrogen and oxygen atoms in total. The lowest BCUT2D eigenvalue weighted by Crippen LogP contribution is -2.02. The van der Waals surface area contributed by atoms with Gasteiger partial charge in [0, 0.05) is 12.4 Å². The summed E-state index contributed by atoms with van der Waals surface area (Å²) in [7, 11) is 1.74. The zero-order chi connectivity index (χ0) is 14.3. The van der Waals surface area contributed by atoms with E-state index in [1.54, 1.807) is 17.8 Å². The Labute approximate surface area is 113 Å². The zero-order valence-electron chi connectivity index (χ0n) is 10.5. The summed E-state index contributed by atoms with van der Waals surface area (Å²) in [6.07, 6.45) is 0. The number of carboxylic acids is 1. The number of benzene rings is 1. The molecule has 0 amide bonds. The minimum absolute atomic E-state index is 0.0359. The molecule has 0 unspecified atom stereocenters. The molecular weight excluding hydrogens is 260 g/mol. The Morgan fingerprint density at radius 3 is 2.55 bits per heavy atom. The molecule has 100 valence electrons. The van der Waals surface area contributed by atoms with E-state index in [4.69, 9.17) is 9.52 Å². The maximum absolute atomic E-state index is 12.3. The van der Waals surface area contributed by atoms with Crippen molar-refractivity contribution in [1.82, 2.24) is 9.78 Å². The molecule has 2 heterocycles. The second-order valence-electron chi connectivity index (χ2n) is 4.29. The highest BCUT2D eigenvalue weighted by Gasteiger charge is 2.21. The molecule has 0 aliphatic heterocycles. The van der Waals surface area contributed by atoms with Gasteiger partial charge in [-0.3, -0.25) is 9.48 Å². The molecule has 3 rings (SSSR count). The van der Waals surface area contributed by atoms with Gasteiger partial charge in [-0.05, 0) is 18.2 Å². The first-order valence-corrected chi connectivity index (χ1v) is 5.87. The molecule has 0 saturated heterocycles. The third-order valence-corrected chi connectivity index (χ3v) is 3.01. The van der Waals surface area contributed by atoms with Crippen LogP contribution in [0.3, 0.4) is 0 Å². The number of aryl methyl sites for hydroxylation is 1. The molecule has 0 saturated carbocycles. The van der Waals surface area contributed by atoms with Crippen LogP contribution in [0.2, 0.25) is 0 Å². The Kier molecular flexibility index (Phi) is 2.64. The van der Waals surface area contributed by atoms with Crippen LogP contribution < -0.4 is 0 Å². The Morgan fingerprint density at radius 2 is 1.85 bits per heavy atom. The fourth-order valence-corrected chi connectivity index (χ4v) is 2.07. The lowest BCUT2D eigenvalue weighted by atomic mass is 10.1. The van der Waals surface area contributed by atoms with Gasteiger partial charge in [-0.1, -0.05) is 18.2 Å². The van der Waals surface area contributed by atoms with E-state index in [-0.39, 0.29) is 17.2 Å². The van der Waals surface area contributed by atoms with Crippen LogP contribution in [0.5, 0.6) is 0 Å². The smallest absolute Gasteiger partial charge is 0.371 e. The van der Waals surface area contributed by atoms with E-state index in [1.165, 1.54) is 12.1 Å². The van der Waals surface area contributed by atoms with Crippen LogP contribution >= 0.6 is 0 Å². The molecule has 2 aromatic heterocycles. The maximum atomic E-state index is 12.3. The maximum Gasteiger partial charge on any atom is 0.371 e. The second-order valence-corrected chi connectivity index (χ2v) is 4.29. The number of ketones is 1. The van der Waals surface area contributed by atoms with Crippen molar-refractivity contribution in [3.8, 4) is 0 Å². The number of hydrogen-bond acceptors (Lipinski definition) is 4. The third kappa shape index (κ3) is 1.78. The van der Waals surface area contributed by atoms with Crippen molar-refractivity contribution >= 4 is 22.7 Å². The van der Waals surface area contributed by atoms with Gasteiger partial charge < -0.3 is 9.52 Å². The summed E-state index contributed by atoms with van der Waals surface area (Å²) in [5, 5.41) is 13.7. The first-order chi connectivity index (χ1) is 9.58. The molecule has 3 aromatic rings. The highest BCUT2D eigenvalue weighted by molar-refractivity contribution is 6.13. The van der Waals surface area contributed by atoms with Crippen LogP contribution in [0.1, 0.15) is 26.8 Å². The highest BCUT2D eigenvalue weighted by Crippen LogP contribution is 2.21. The minimum Gasteiger partial charge on any atom is -0.475 e. The molecule has 0 aliphatic rings. The fraction of sp³-hybridized carbons (Fsp3) is 0.0714. The number of furan rings is 1. The summed E-state index contributed by atoms with van der Waals surface area (Å²) in [6.45, 7) is 0. The highest BCUT2D eigenvalue weighted by atomic mass is 16.4. The van der Waals surface area contributed by atoms with Crippen LogP contribution in [0.25, 0.3) is 10.9 Å². The van der Waals surface area contributed by atoms with E-state index >= 15 is 0 Å². The van der Waals surface area contributed by atoms with Crippen molar-refractivity contribution < 1.29 is 19.1 Å². The Hall–Kier alpha value is -2.89. The zero-order valence-corrected chi connectivity index (χ0v) is 10.5. The molecule has 20 heavy (non-hydrogen) atoms. The lowest BCUT2D eigenvalue weighted by molar-refractivity contribution is 0.0660. The van der Waals surface area contributed by atoms with Gasteiger partial charge in [-0.2, -0.15) is 5.10 Å². The van der Waals surface area contributed by atoms with Crippen molar-refractivity contribution in [2.45, 2.75) is 0 Å². The average molecular weight is 270 g/mol. The predicted molar refractivity (Wildman–Crippen MR) is 69.8 cm³/mol. The molecule has 0 spiro atoms. The Morgan fingerprint density at radius 1 is 1.15 bits per heavy atom. The van der Waals surface area contributed by atoms with Crippen LogP contribution in [0.4, 0.5) is 0 Å². The third-order valence-electron chi connectivity index (χ3n) is 3.01. The number of aromatic nitrogens is 2. The van der Waals surface area contributed by atoms with Gasteiger partial charge in [0.25, 0.3) is 0 Å². The molecule has 1 N–H and O–H groups in total. The molecule has 6 heteroatoms. The van der Waals surface area contributed by atoms with Crippen LogP contribution in [-0.4, -0.2) is 26.6 Å². The molecule has 0 aliphatic carbocycles. The van der Waals surface area contributed by atoms with Gasteiger partial charge in [-0.15, -0.1) is 0 Å². The number of carbonyl (C=O) groups excluding carboxylic acids is 1. The van der Waals surface area contributed by atoms with Crippen molar-refractivity contribution in [3.05, 3.63) is 53.6 Å². The van der Waals surface area contributed by atoms with E-state index in [2.05, 4.69) is 5.10 Å². The van der Waals surface area contributed by atoms with Crippen LogP contribution in [0, 0.1) is 0 Å². The number of para-hydroxylation sites is 1. The van der Waals surface area contributed by atoms with Crippen molar-refractivity contribution in [2.24, 2.45) is 7.05 Å². The number of carboxylic acid groups (broad SMARTS) is 1. The largest absolute Gasteiger partial charge is 0.475 e. The number of rotatable bonds is 3. The van der Waals surface area contributed by atoms with Gasteiger partial charge in [0.15, 0.2) is 5.76 Å². The average Bonchev–Trinajstić information content (AvgIpc) is 3.04. The number of carbonyl (C=O) groups is 2. The van der Waals surface area contributed by atoms with Gasteiger partial charge in [0.05, 0.1) is 5.52 Å². The first-order valence-electron chi connectivity index (χ1n) is 5.87. The number of nitrogens with zero attached hydrogens (tertiary/aromatic N) is 2. The predicted octanol–water partition coefficient (Wildman–Crippen LogP) is 2.10. The van der Waals surface area contributed by atoms with Gasteiger partial charge in [0.1, 0.15) is 5.69 Å². The normalized spacial score (nSPS) is 10.8. The minimum atomic E-state index is -1.21. The van der Waals surface area contributed by atoms with E-state index in [9.17, 15) is 9.59 Å². The molecular formula is C14H10N2O4. The summed E-state index contributed by atoms with van der Waals surface area (Å²) >= 11 is 0. The number of aromatic carboxylic acids is 1. The molecule has 0 radical (unpaired) electrons. The topological polar surface area (TPSA) is 85.3 Å². The molecule has 1 aromatic carbocycles. The molecule has 0 fully saturated rings.